The molecule has 5 rings (SSSR count). The molecule has 32 heavy (non-hydrogen) atoms. The molecule has 4 aliphatic carbocycles. The number of carbonyl (C=O) groups excluding carboxylic acids is 2. The van der Waals surface area contributed by atoms with Crippen molar-refractivity contribution in [3.63, 3.8) is 0 Å². The van der Waals surface area contributed by atoms with E-state index < -0.39 is 17.6 Å². The first-order chi connectivity index (χ1) is 14.8. The highest BCUT2D eigenvalue weighted by molar-refractivity contribution is 5.86. The number of ether oxygens (including phenoxy) is 2. The molecule has 0 amide bonds. The second kappa shape index (κ2) is 6.84. The Morgan fingerprint density at radius 3 is 2.41 bits per heavy atom. The van der Waals surface area contributed by atoms with Crippen molar-refractivity contribution in [1.82, 2.24) is 0 Å². The van der Waals surface area contributed by atoms with E-state index in [-0.39, 0.29) is 34.8 Å². The standard InChI is InChI=1S/C27H40O5/c1-15(28)31-21-14-19-25(4)10-7-9-24(2,3)18(25)8-11-26(19,5)20-13-17(29)16-12-22(30)32-23(16)27(20,21)6/h12,17-21,23,29H,7-11,13-14H2,1-6H3/t17-,18-,19+,20-,21+,23-,25-,26+,27?/m0/s1. The fourth-order valence-electron chi connectivity index (χ4n) is 9.84. The van der Waals surface area contributed by atoms with Crippen molar-refractivity contribution in [1.29, 1.82) is 0 Å². The van der Waals surface area contributed by atoms with Gasteiger partial charge in [0.25, 0.3) is 0 Å². The molecular weight excluding hydrogens is 404 g/mol. The van der Waals surface area contributed by atoms with Gasteiger partial charge in [0.2, 0.25) is 0 Å². The average Bonchev–Trinajstić information content (AvgIpc) is 3.08. The van der Waals surface area contributed by atoms with Crippen LogP contribution in [-0.2, 0) is 19.1 Å². The molecule has 9 atom stereocenters. The van der Waals surface area contributed by atoms with Crippen LogP contribution in [0.3, 0.4) is 0 Å². The summed E-state index contributed by atoms with van der Waals surface area (Å²) in [6.07, 6.45) is 7.40. The van der Waals surface area contributed by atoms with Crippen LogP contribution in [0.1, 0.15) is 86.5 Å². The molecule has 5 nitrogen and oxygen atoms in total. The van der Waals surface area contributed by atoms with Gasteiger partial charge in [0.15, 0.2) is 0 Å². The molecule has 1 N–H and O–H groups in total. The lowest BCUT2D eigenvalue weighted by atomic mass is 9.35. The van der Waals surface area contributed by atoms with Crippen molar-refractivity contribution in [2.24, 2.45) is 39.4 Å². The first-order valence-electron chi connectivity index (χ1n) is 12.6. The summed E-state index contributed by atoms with van der Waals surface area (Å²) >= 11 is 0. The van der Waals surface area contributed by atoms with Gasteiger partial charge in [0.05, 0.1) is 6.10 Å². The Balaban J connectivity index is 1.63. The van der Waals surface area contributed by atoms with E-state index in [1.54, 1.807) is 0 Å². The van der Waals surface area contributed by atoms with Crippen molar-refractivity contribution in [3.05, 3.63) is 11.6 Å². The van der Waals surface area contributed by atoms with Gasteiger partial charge < -0.3 is 14.6 Å². The van der Waals surface area contributed by atoms with Crippen molar-refractivity contribution >= 4 is 11.9 Å². The maximum atomic E-state index is 12.3. The largest absolute Gasteiger partial charge is 0.462 e. The Morgan fingerprint density at radius 1 is 1.03 bits per heavy atom. The highest BCUT2D eigenvalue weighted by Crippen LogP contribution is 2.73. The topological polar surface area (TPSA) is 72.8 Å². The lowest BCUT2D eigenvalue weighted by molar-refractivity contribution is -0.258. The first kappa shape index (κ1) is 22.4. The summed E-state index contributed by atoms with van der Waals surface area (Å²) in [4.78, 5) is 24.5. The molecule has 0 bridgehead atoms. The second-order valence-corrected chi connectivity index (χ2v) is 13.0. The van der Waals surface area contributed by atoms with Gasteiger partial charge in [-0.05, 0) is 72.5 Å². The molecule has 0 radical (unpaired) electrons. The van der Waals surface area contributed by atoms with Gasteiger partial charge in [0.1, 0.15) is 12.2 Å². The third-order valence-corrected chi connectivity index (χ3v) is 11.1. The quantitative estimate of drug-likeness (QED) is 0.588. The molecule has 0 saturated heterocycles. The molecule has 0 aromatic heterocycles. The molecule has 5 aliphatic rings. The maximum Gasteiger partial charge on any atom is 0.331 e. The normalized spacial score (nSPS) is 51.3. The van der Waals surface area contributed by atoms with Crippen LogP contribution in [0, 0.1) is 39.4 Å². The minimum Gasteiger partial charge on any atom is -0.462 e. The number of fused-ring (bicyclic) bond motifs is 7. The van der Waals surface area contributed by atoms with E-state index in [4.69, 9.17) is 9.47 Å². The van der Waals surface area contributed by atoms with E-state index in [2.05, 4.69) is 34.6 Å². The van der Waals surface area contributed by atoms with Gasteiger partial charge in [0, 0.05) is 24.0 Å². The minimum absolute atomic E-state index is 0.00553. The third kappa shape index (κ3) is 2.78. The van der Waals surface area contributed by atoms with Crippen molar-refractivity contribution in [2.45, 2.75) is 105 Å². The van der Waals surface area contributed by atoms with Crippen LogP contribution in [0.5, 0.6) is 0 Å². The maximum absolute atomic E-state index is 12.3. The predicted molar refractivity (Wildman–Crippen MR) is 120 cm³/mol. The zero-order valence-electron chi connectivity index (χ0n) is 20.6. The van der Waals surface area contributed by atoms with Crippen LogP contribution in [0.25, 0.3) is 0 Å². The first-order valence-corrected chi connectivity index (χ1v) is 12.6. The molecule has 5 heteroatoms. The fourth-order valence-corrected chi connectivity index (χ4v) is 9.84. The van der Waals surface area contributed by atoms with Crippen LogP contribution >= 0.6 is 0 Å². The molecular formula is C27H40O5. The Kier molecular flexibility index (Phi) is 4.79. The van der Waals surface area contributed by atoms with Crippen molar-refractivity contribution in [3.8, 4) is 0 Å². The molecule has 4 fully saturated rings. The Labute approximate surface area is 192 Å². The number of aliphatic hydroxyl groups excluding tert-OH is 1. The number of hydrogen-bond donors (Lipinski definition) is 1. The zero-order valence-corrected chi connectivity index (χ0v) is 20.6. The van der Waals surface area contributed by atoms with E-state index in [0.29, 0.717) is 29.2 Å². The average molecular weight is 445 g/mol. The molecule has 0 aromatic carbocycles. The molecule has 178 valence electrons. The van der Waals surface area contributed by atoms with Crippen molar-refractivity contribution < 1.29 is 24.2 Å². The Hall–Kier alpha value is -1.36. The number of aliphatic hydroxyl groups is 1. The monoisotopic (exact) mass is 444 g/mol. The van der Waals surface area contributed by atoms with Crippen molar-refractivity contribution in [2.75, 3.05) is 0 Å². The number of rotatable bonds is 1. The van der Waals surface area contributed by atoms with E-state index in [1.165, 1.54) is 38.7 Å². The summed E-state index contributed by atoms with van der Waals surface area (Å²) in [6, 6.07) is 0. The molecule has 1 aliphatic heterocycles. The Morgan fingerprint density at radius 2 is 1.72 bits per heavy atom. The summed E-state index contributed by atoms with van der Waals surface area (Å²) in [5.41, 5.74) is 0.649. The molecule has 0 spiro atoms. The van der Waals surface area contributed by atoms with Gasteiger partial charge in [-0.15, -0.1) is 0 Å². The SMILES string of the molecule is CC(=O)O[C@@H]1C[C@H]2[C@@](C)(CC[C@H]3C(C)(C)CCC[C@]23C)[C@@H]2C[C@H](O)C3=CC(=O)O[C@@H]3C21C. The van der Waals surface area contributed by atoms with Crippen LogP contribution in [0.2, 0.25) is 0 Å². The summed E-state index contributed by atoms with van der Waals surface area (Å²) < 4.78 is 11.9. The molecule has 4 saturated carbocycles. The van der Waals surface area contributed by atoms with Crippen LogP contribution in [0.15, 0.2) is 11.6 Å². The predicted octanol–water partition coefficient (Wildman–Crippen LogP) is 4.81. The van der Waals surface area contributed by atoms with Gasteiger partial charge >= 0.3 is 11.9 Å². The molecule has 1 heterocycles. The van der Waals surface area contributed by atoms with Gasteiger partial charge in [-0.2, -0.15) is 0 Å². The van der Waals surface area contributed by atoms with Crippen LogP contribution in [-0.4, -0.2) is 35.4 Å². The highest BCUT2D eigenvalue weighted by Gasteiger charge is 2.71. The highest BCUT2D eigenvalue weighted by atomic mass is 16.6. The number of esters is 2. The summed E-state index contributed by atoms with van der Waals surface area (Å²) in [5.74, 6) is 0.512. The summed E-state index contributed by atoms with van der Waals surface area (Å²) in [5, 5.41) is 11.1. The van der Waals surface area contributed by atoms with Gasteiger partial charge in [-0.25, -0.2) is 4.79 Å². The van der Waals surface area contributed by atoms with Crippen LogP contribution < -0.4 is 0 Å². The smallest absolute Gasteiger partial charge is 0.331 e. The Bertz CT molecular complexity index is 875. The second-order valence-electron chi connectivity index (χ2n) is 13.0. The van der Waals surface area contributed by atoms with E-state index in [1.807, 2.05) is 0 Å². The fraction of sp³-hybridized carbons (Fsp3) is 0.852. The molecule has 1 unspecified atom stereocenters. The lowest BCUT2D eigenvalue weighted by Crippen LogP contribution is -2.69. The van der Waals surface area contributed by atoms with Gasteiger partial charge in [-0.1, -0.05) is 41.0 Å². The van der Waals surface area contributed by atoms with E-state index >= 15 is 0 Å². The van der Waals surface area contributed by atoms with Gasteiger partial charge in [-0.3, -0.25) is 4.79 Å². The van der Waals surface area contributed by atoms with E-state index in [9.17, 15) is 14.7 Å². The number of carbonyl (C=O) groups is 2. The minimum atomic E-state index is -0.675. The van der Waals surface area contributed by atoms with E-state index in [0.717, 1.165) is 12.8 Å². The zero-order chi connectivity index (χ0) is 23.3. The lowest BCUT2D eigenvalue weighted by Gasteiger charge is -2.70. The summed E-state index contributed by atoms with van der Waals surface area (Å²) in [6.45, 7) is 13.4. The van der Waals surface area contributed by atoms with Crippen LogP contribution in [0.4, 0.5) is 0 Å². The molecule has 0 aromatic rings. The summed E-state index contributed by atoms with van der Waals surface area (Å²) in [7, 11) is 0. The third-order valence-electron chi connectivity index (χ3n) is 11.1. The number of hydrogen-bond acceptors (Lipinski definition) is 5.